The highest BCUT2D eigenvalue weighted by atomic mass is 14.6. The van der Waals surface area contributed by atoms with Crippen LogP contribution in [0.15, 0.2) is 18.3 Å². The molecule has 1 heterocycles. The number of rotatable bonds is 1. The van der Waals surface area contributed by atoms with Crippen LogP contribution in [0, 0.1) is 0 Å². The Kier molecular flexibility index (Phi) is 2.84. The molecule has 0 aliphatic carbocycles. The van der Waals surface area contributed by atoms with E-state index in [-0.39, 0.29) is 0 Å². The molecular weight excluding hydrogens is 134 g/mol. The predicted octanol–water partition coefficient (Wildman–Crippen LogP) is 1.07. The molecule has 1 aromatic heterocycles. The smallest absolute Gasteiger partial charge is 0.0656 e. The summed E-state index contributed by atoms with van der Waals surface area (Å²) in [5, 5.41) is 2.31. The van der Waals surface area contributed by atoms with Crippen molar-refractivity contribution in [2.24, 2.45) is 0 Å². The fourth-order valence-electron chi connectivity index (χ4n) is 1.06. The van der Waals surface area contributed by atoms with Gasteiger partial charge >= 0.3 is 0 Å². The van der Waals surface area contributed by atoms with E-state index in [1.807, 2.05) is 25.3 Å². The van der Waals surface area contributed by atoms with Crippen LogP contribution < -0.4 is 10.6 Å². The monoisotopic (exact) mass is 147 g/mol. The van der Waals surface area contributed by atoms with Crippen molar-refractivity contribution < 1.29 is 0 Å². The van der Waals surface area contributed by atoms with Crippen molar-refractivity contribution >= 4 is 12.2 Å². The molecule has 0 bridgehead atoms. The van der Waals surface area contributed by atoms with Crippen molar-refractivity contribution in [3.05, 3.63) is 28.9 Å². The van der Waals surface area contributed by atoms with E-state index in [0.29, 0.717) is 0 Å². The first-order chi connectivity index (χ1) is 5.38. The van der Waals surface area contributed by atoms with Crippen molar-refractivity contribution in [2.45, 2.75) is 20.3 Å². The molecule has 0 saturated carbocycles. The third-order valence-electron chi connectivity index (χ3n) is 1.57. The average molecular weight is 147 g/mol. The van der Waals surface area contributed by atoms with Crippen LogP contribution >= 0.6 is 0 Å². The van der Waals surface area contributed by atoms with Gasteiger partial charge < -0.3 is 0 Å². The third kappa shape index (κ3) is 1.90. The zero-order chi connectivity index (χ0) is 8.10. The van der Waals surface area contributed by atoms with Gasteiger partial charge in [-0.05, 0) is 24.6 Å². The second-order valence-corrected chi connectivity index (χ2v) is 2.38. The van der Waals surface area contributed by atoms with Crippen LogP contribution in [0.3, 0.4) is 0 Å². The summed E-state index contributed by atoms with van der Waals surface area (Å²) < 4.78 is 0. The minimum absolute atomic E-state index is 1.06. The average Bonchev–Trinajstić information content (AvgIpc) is 2.06. The highest BCUT2D eigenvalue weighted by Crippen LogP contribution is 1.74. The fourth-order valence-corrected chi connectivity index (χ4v) is 1.06. The van der Waals surface area contributed by atoms with Crippen LogP contribution in [-0.2, 0) is 0 Å². The van der Waals surface area contributed by atoms with Gasteiger partial charge in [-0.1, -0.05) is 25.1 Å². The Morgan fingerprint density at radius 2 is 2.36 bits per heavy atom. The molecule has 11 heavy (non-hydrogen) atoms. The zero-order valence-corrected chi connectivity index (χ0v) is 7.04. The van der Waals surface area contributed by atoms with Crippen molar-refractivity contribution in [1.29, 1.82) is 0 Å². The molecule has 1 aromatic rings. The number of pyridine rings is 1. The van der Waals surface area contributed by atoms with E-state index in [2.05, 4.69) is 24.1 Å². The van der Waals surface area contributed by atoms with Crippen LogP contribution in [0.5, 0.6) is 0 Å². The maximum Gasteiger partial charge on any atom is 0.0656 e. The second kappa shape index (κ2) is 3.91. The Morgan fingerprint density at radius 3 is 3.00 bits per heavy atom. The van der Waals surface area contributed by atoms with Crippen molar-refractivity contribution in [3.8, 4) is 0 Å². The third-order valence-corrected chi connectivity index (χ3v) is 1.57. The van der Waals surface area contributed by atoms with Crippen LogP contribution in [0.25, 0.3) is 12.2 Å². The SMILES string of the molecule is C/C=c1/nccc/c1=C/CC. The summed E-state index contributed by atoms with van der Waals surface area (Å²) >= 11 is 0. The normalized spacial score (nSPS) is 14.0. The Hall–Kier alpha value is -1.11. The summed E-state index contributed by atoms with van der Waals surface area (Å²) in [6.45, 7) is 4.14. The maximum atomic E-state index is 4.23. The molecule has 0 atom stereocenters. The molecule has 0 fully saturated rings. The number of hydrogen-bond acceptors (Lipinski definition) is 1. The Labute approximate surface area is 67.1 Å². The molecule has 1 heteroatoms. The van der Waals surface area contributed by atoms with Gasteiger partial charge in [0.05, 0.1) is 5.35 Å². The molecule has 0 aromatic carbocycles. The molecule has 0 spiro atoms. The van der Waals surface area contributed by atoms with E-state index >= 15 is 0 Å². The minimum atomic E-state index is 1.06. The van der Waals surface area contributed by atoms with Crippen LogP contribution in [0.2, 0.25) is 0 Å². The van der Waals surface area contributed by atoms with Crippen LogP contribution in [-0.4, -0.2) is 4.98 Å². The summed E-state index contributed by atoms with van der Waals surface area (Å²) in [5.41, 5.74) is 0. The first-order valence-electron chi connectivity index (χ1n) is 3.96. The second-order valence-electron chi connectivity index (χ2n) is 2.38. The Bertz CT molecular complexity index is 325. The molecule has 0 aliphatic heterocycles. The largest absolute Gasteiger partial charge is 0.257 e. The van der Waals surface area contributed by atoms with Gasteiger partial charge in [0.2, 0.25) is 0 Å². The standard InChI is InChI=1S/C10H13N/c1-3-6-9-7-5-8-11-10(9)4-2/h4-8H,3H2,1-2H3/b9-6-,10-4+. The van der Waals surface area contributed by atoms with Gasteiger partial charge in [-0.3, -0.25) is 4.98 Å². The first kappa shape index (κ1) is 7.99. The lowest BCUT2D eigenvalue weighted by Crippen LogP contribution is -2.26. The summed E-state index contributed by atoms with van der Waals surface area (Å²) in [6, 6.07) is 4.06. The van der Waals surface area contributed by atoms with Crippen molar-refractivity contribution in [3.63, 3.8) is 0 Å². The van der Waals surface area contributed by atoms with Gasteiger partial charge in [0, 0.05) is 6.20 Å². The summed E-state index contributed by atoms with van der Waals surface area (Å²) in [5.74, 6) is 0. The van der Waals surface area contributed by atoms with Crippen molar-refractivity contribution in [2.75, 3.05) is 0 Å². The van der Waals surface area contributed by atoms with Crippen molar-refractivity contribution in [1.82, 2.24) is 4.98 Å². The quantitative estimate of drug-likeness (QED) is 0.579. The van der Waals surface area contributed by atoms with Gasteiger partial charge in [-0.2, -0.15) is 0 Å². The molecule has 0 saturated heterocycles. The Balaban J connectivity index is 3.37. The summed E-state index contributed by atoms with van der Waals surface area (Å²) in [7, 11) is 0. The van der Waals surface area contributed by atoms with E-state index < -0.39 is 0 Å². The molecule has 0 radical (unpaired) electrons. The Morgan fingerprint density at radius 1 is 1.55 bits per heavy atom. The molecule has 0 aliphatic rings. The first-order valence-corrected chi connectivity index (χ1v) is 3.96. The lowest BCUT2D eigenvalue weighted by Gasteiger charge is -1.86. The number of aromatic nitrogens is 1. The highest BCUT2D eigenvalue weighted by Gasteiger charge is 1.80. The lowest BCUT2D eigenvalue weighted by molar-refractivity contribution is 1.19. The predicted molar refractivity (Wildman–Crippen MR) is 48.4 cm³/mol. The molecule has 58 valence electrons. The zero-order valence-electron chi connectivity index (χ0n) is 7.04. The van der Waals surface area contributed by atoms with E-state index in [0.717, 1.165) is 11.8 Å². The molecule has 1 rings (SSSR count). The molecule has 1 nitrogen and oxygen atoms in total. The summed E-state index contributed by atoms with van der Waals surface area (Å²) in [4.78, 5) is 4.23. The molecule has 0 amide bonds. The summed E-state index contributed by atoms with van der Waals surface area (Å²) in [6.07, 6.45) is 7.10. The number of nitrogens with zero attached hydrogens (tertiary/aromatic N) is 1. The fraction of sp³-hybridized carbons (Fsp3) is 0.300. The molecular formula is C10H13N. The van der Waals surface area contributed by atoms with E-state index in [1.54, 1.807) is 0 Å². The van der Waals surface area contributed by atoms with E-state index in [9.17, 15) is 0 Å². The van der Waals surface area contributed by atoms with Crippen LogP contribution in [0.1, 0.15) is 20.3 Å². The van der Waals surface area contributed by atoms with E-state index in [4.69, 9.17) is 0 Å². The minimum Gasteiger partial charge on any atom is -0.257 e. The number of hydrogen-bond donors (Lipinski definition) is 0. The van der Waals surface area contributed by atoms with Gasteiger partial charge in [-0.15, -0.1) is 0 Å². The highest BCUT2D eigenvalue weighted by molar-refractivity contribution is 5.26. The van der Waals surface area contributed by atoms with Gasteiger partial charge in [0.25, 0.3) is 0 Å². The lowest BCUT2D eigenvalue weighted by atomic mass is 10.3. The van der Waals surface area contributed by atoms with E-state index in [1.165, 1.54) is 5.22 Å². The molecule has 0 N–H and O–H groups in total. The maximum absolute atomic E-state index is 4.23. The van der Waals surface area contributed by atoms with Gasteiger partial charge in [0.15, 0.2) is 0 Å². The molecule has 0 unspecified atom stereocenters. The van der Waals surface area contributed by atoms with Gasteiger partial charge in [-0.25, -0.2) is 0 Å². The van der Waals surface area contributed by atoms with Crippen LogP contribution in [0.4, 0.5) is 0 Å². The topological polar surface area (TPSA) is 12.9 Å². The van der Waals surface area contributed by atoms with Gasteiger partial charge in [0.1, 0.15) is 0 Å².